The number of Topliss-reactive ketones (excluding diaryl/α,β-unsaturated/α-hetero) is 1. The van der Waals surface area contributed by atoms with E-state index in [0.29, 0.717) is 30.5 Å². The van der Waals surface area contributed by atoms with Crippen LogP contribution < -0.4 is 5.32 Å². The minimum absolute atomic E-state index is 0.141. The average Bonchev–Trinajstić information content (AvgIpc) is 2.42. The lowest BCUT2D eigenvalue weighted by molar-refractivity contribution is -0.122. The lowest BCUT2D eigenvalue weighted by Gasteiger charge is -2.31. The summed E-state index contributed by atoms with van der Waals surface area (Å²) >= 11 is 0. The molecule has 0 radical (unpaired) electrons. The third-order valence-corrected chi connectivity index (χ3v) is 3.59. The zero-order valence-corrected chi connectivity index (χ0v) is 10.8. The Morgan fingerprint density at radius 2 is 1.76 bits per heavy atom. The minimum Gasteiger partial charge on any atom is -0.444 e. The van der Waals surface area contributed by atoms with Gasteiger partial charge in [0.15, 0.2) is 0 Å². The van der Waals surface area contributed by atoms with Gasteiger partial charge in [-0.3, -0.25) is 4.79 Å². The van der Waals surface area contributed by atoms with Crippen LogP contribution >= 0.6 is 0 Å². The number of carbonyl (C=O) groups excluding carboxylic acids is 2. The summed E-state index contributed by atoms with van der Waals surface area (Å²) in [5.41, 5.74) is -0.465. The van der Waals surface area contributed by atoms with Crippen LogP contribution in [0.1, 0.15) is 46.5 Å². The third kappa shape index (κ3) is 2.99. The molecule has 2 bridgehead atoms. The normalized spacial score (nSPS) is 32.4. The molecule has 0 aromatic heterocycles. The number of ether oxygens (including phenoxy) is 1. The van der Waals surface area contributed by atoms with Crippen LogP contribution in [0.15, 0.2) is 0 Å². The molecule has 0 aromatic carbocycles. The SMILES string of the molecule is CC(C)(C)OC(=O)NC1[C@H]2CC[C@H]1CC(=O)C2. The van der Waals surface area contributed by atoms with Gasteiger partial charge in [-0.2, -0.15) is 0 Å². The second kappa shape index (κ2) is 4.31. The van der Waals surface area contributed by atoms with Gasteiger partial charge in [-0.05, 0) is 45.4 Å². The highest BCUT2D eigenvalue weighted by molar-refractivity contribution is 5.81. The van der Waals surface area contributed by atoms with Gasteiger partial charge < -0.3 is 10.1 Å². The molecule has 2 aliphatic carbocycles. The van der Waals surface area contributed by atoms with Gasteiger partial charge in [-0.1, -0.05) is 0 Å². The number of fused-ring (bicyclic) bond motifs is 2. The maximum absolute atomic E-state index is 11.7. The Balaban J connectivity index is 1.92. The van der Waals surface area contributed by atoms with Crippen LogP contribution in [0.2, 0.25) is 0 Å². The van der Waals surface area contributed by atoms with Crippen LogP contribution in [0.25, 0.3) is 0 Å². The highest BCUT2D eigenvalue weighted by atomic mass is 16.6. The van der Waals surface area contributed by atoms with Gasteiger partial charge in [-0.25, -0.2) is 4.79 Å². The summed E-state index contributed by atoms with van der Waals surface area (Å²) in [7, 11) is 0. The molecule has 1 amide bonds. The van der Waals surface area contributed by atoms with Gasteiger partial charge in [0.1, 0.15) is 11.4 Å². The monoisotopic (exact) mass is 239 g/mol. The van der Waals surface area contributed by atoms with E-state index in [1.54, 1.807) is 0 Å². The van der Waals surface area contributed by atoms with E-state index in [-0.39, 0.29) is 12.1 Å². The molecule has 17 heavy (non-hydrogen) atoms. The minimum atomic E-state index is -0.465. The number of hydrogen-bond acceptors (Lipinski definition) is 3. The number of ketones is 1. The number of rotatable bonds is 1. The van der Waals surface area contributed by atoms with E-state index >= 15 is 0 Å². The molecule has 0 aromatic rings. The van der Waals surface area contributed by atoms with Crippen molar-refractivity contribution in [2.24, 2.45) is 11.8 Å². The molecule has 0 saturated heterocycles. The van der Waals surface area contributed by atoms with E-state index in [1.807, 2.05) is 20.8 Å². The van der Waals surface area contributed by atoms with E-state index < -0.39 is 5.60 Å². The predicted octanol–water partition coefficient (Wildman–Crippen LogP) is 2.27. The fourth-order valence-corrected chi connectivity index (χ4v) is 2.98. The Hall–Kier alpha value is -1.06. The summed E-state index contributed by atoms with van der Waals surface area (Å²) < 4.78 is 5.26. The molecular weight excluding hydrogens is 218 g/mol. The van der Waals surface area contributed by atoms with Crippen molar-refractivity contribution in [3.8, 4) is 0 Å². The number of alkyl carbamates (subject to hydrolysis) is 1. The highest BCUT2D eigenvalue weighted by Crippen LogP contribution is 2.40. The number of amides is 1. The van der Waals surface area contributed by atoms with Crippen LogP contribution in [-0.4, -0.2) is 23.5 Å². The second-order valence-corrected chi connectivity index (χ2v) is 6.22. The highest BCUT2D eigenvalue weighted by Gasteiger charge is 2.43. The van der Waals surface area contributed by atoms with Crippen LogP contribution in [0.3, 0.4) is 0 Å². The quantitative estimate of drug-likeness (QED) is 0.763. The van der Waals surface area contributed by atoms with Gasteiger partial charge in [0.25, 0.3) is 0 Å². The third-order valence-electron chi connectivity index (χ3n) is 3.59. The van der Waals surface area contributed by atoms with Crippen molar-refractivity contribution >= 4 is 11.9 Å². The predicted molar refractivity (Wildman–Crippen MR) is 63.6 cm³/mol. The summed E-state index contributed by atoms with van der Waals surface area (Å²) in [5.74, 6) is 1.00. The van der Waals surface area contributed by atoms with Crippen molar-refractivity contribution < 1.29 is 14.3 Å². The summed E-state index contributed by atoms with van der Waals surface area (Å²) in [4.78, 5) is 23.1. The summed E-state index contributed by atoms with van der Waals surface area (Å²) in [6.45, 7) is 5.56. The average molecular weight is 239 g/mol. The van der Waals surface area contributed by atoms with Crippen molar-refractivity contribution in [3.05, 3.63) is 0 Å². The standard InChI is InChI=1S/C13H21NO3/c1-13(2,3)17-12(16)14-11-8-4-5-9(11)7-10(15)6-8/h8-9,11H,4-7H2,1-3H3,(H,14,16)/t8-,9-/m0/s1. The van der Waals surface area contributed by atoms with E-state index in [1.165, 1.54) is 0 Å². The zero-order valence-electron chi connectivity index (χ0n) is 10.8. The smallest absolute Gasteiger partial charge is 0.407 e. The first-order valence-corrected chi connectivity index (χ1v) is 6.36. The molecule has 2 aliphatic rings. The Kier molecular flexibility index (Phi) is 3.15. The Morgan fingerprint density at radius 1 is 1.24 bits per heavy atom. The molecule has 2 fully saturated rings. The van der Waals surface area contributed by atoms with Gasteiger partial charge in [0.2, 0.25) is 0 Å². The molecule has 4 heteroatoms. The maximum Gasteiger partial charge on any atom is 0.407 e. The van der Waals surface area contributed by atoms with E-state index in [9.17, 15) is 9.59 Å². The van der Waals surface area contributed by atoms with Gasteiger partial charge >= 0.3 is 6.09 Å². The molecule has 0 aliphatic heterocycles. The lowest BCUT2D eigenvalue weighted by Crippen LogP contribution is -2.47. The summed E-state index contributed by atoms with van der Waals surface area (Å²) in [5, 5.41) is 2.94. The van der Waals surface area contributed by atoms with E-state index in [4.69, 9.17) is 4.74 Å². The van der Waals surface area contributed by atoms with Gasteiger partial charge in [-0.15, -0.1) is 0 Å². The van der Waals surface area contributed by atoms with Crippen LogP contribution in [0, 0.1) is 11.8 Å². The molecular formula is C13H21NO3. The van der Waals surface area contributed by atoms with Crippen LogP contribution in [-0.2, 0) is 9.53 Å². The second-order valence-electron chi connectivity index (χ2n) is 6.22. The first-order valence-electron chi connectivity index (χ1n) is 6.36. The van der Waals surface area contributed by atoms with Crippen molar-refractivity contribution in [2.75, 3.05) is 0 Å². The molecule has 2 atom stereocenters. The topological polar surface area (TPSA) is 55.4 Å². The summed E-state index contributed by atoms with van der Waals surface area (Å²) in [6.07, 6.45) is 3.00. The van der Waals surface area contributed by atoms with Gasteiger partial charge in [0.05, 0.1) is 0 Å². The first kappa shape index (κ1) is 12.4. The molecule has 0 unspecified atom stereocenters. The largest absolute Gasteiger partial charge is 0.444 e. The van der Waals surface area contributed by atoms with Crippen molar-refractivity contribution in [3.63, 3.8) is 0 Å². The molecule has 0 heterocycles. The van der Waals surface area contributed by atoms with Crippen LogP contribution in [0.4, 0.5) is 4.79 Å². The van der Waals surface area contributed by atoms with E-state index in [0.717, 1.165) is 12.8 Å². The Labute approximate surface area is 102 Å². The Bertz CT molecular complexity index is 316. The molecule has 96 valence electrons. The molecule has 4 nitrogen and oxygen atoms in total. The fraction of sp³-hybridized carbons (Fsp3) is 0.846. The molecule has 2 saturated carbocycles. The molecule has 2 rings (SSSR count). The molecule has 0 spiro atoms. The number of nitrogens with one attached hydrogen (secondary N) is 1. The zero-order chi connectivity index (χ0) is 12.6. The van der Waals surface area contributed by atoms with Crippen molar-refractivity contribution in [1.82, 2.24) is 5.32 Å². The molecule has 1 N–H and O–H groups in total. The number of hydrogen-bond donors (Lipinski definition) is 1. The first-order chi connectivity index (χ1) is 7.85. The number of carbonyl (C=O) groups is 2. The van der Waals surface area contributed by atoms with Crippen molar-refractivity contribution in [2.45, 2.75) is 58.1 Å². The van der Waals surface area contributed by atoms with Crippen LogP contribution in [0.5, 0.6) is 0 Å². The fourth-order valence-electron chi connectivity index (χ4n) is 2.98. The van der Waals surface area contributed by atoms with Gasteiger partial charge in [0, 0.05) is 18.9 Å². The van der Waals surface area contributed by atoms with E-state index in [2.05, 4.69) is 5.32 Å². The van der Waals surface area contributed by atoms with Crippen molar-refractivity contribution in [1.29, 1.82) is 0 Å². The maximum atomic E-state index is 11.7. The summed E-state index contributed by atoms with van der Waals surface area (Å²) in [6, 6.07) is 0.141. The Morgan fingerprint density at radius 3 is 2.24 bits per heavy atom. The lowest BCUT2D eigenvalue weighted by atomic mass is 9.83.